The zero-order valence-electron chi connectivity index (χ0n) is 38.3. The number of pyridine rings is 1. The van der Waals surface area contributed by atoms with Crippen molar-refractivity contribution in [2.24, 2.45) is 0 Å². The summed E-state index contributed by atoms with van der Waals surface area (Å²) in [4.78, 5) is 48.8. The Morgan fingerprint density at radius 3 is 2.03 bits per heavy atom. The summed E-state index contributed by atoms with van der Waals surface area (Å²) in [5.41, 5.74) is 10.4. The second-order valence-electron chi connectivity index (χ2n) is 18.2. The van der Waals surface area contributed by atoms with Crippen LogP contribution in [0.4, 0.5) is 5.69 Å². The van der Waals surface area contributed by atoms with Crippen LogP contribution in [0.3, 0.4) is 0 Å². The first kappa shape index (κ1) is 47.5. The van der Waals surface area contributed by atoms with Crippen molar-refractivity contribution in [2.45, 2.75) is 141 Å². The number of anilines is 1. The van der Waals surface area contributed by atoms with E-state index in [1.54, 1.807) is 12.3 Å². The molecular formula is C54H64BrN3O7. The summed E-state index contributed by atoms with van der Waals surface area (Å²) >= 11 is 3.71. The highest BCUT2D eigenvalue weighted by Crippen LogP contribution is 2.50. The fraction of sp³-hybridized carbons (Fsp3) is 0.444. The van der Waals surface area contributed by atoms with Gasteiger partial charge < -0.3 is 34.1 Å². The fourth-order valence-electron chi connectivity index (χ4n) is 11.2. The van der Waals surface area contributed by atoms with Crippen molar-refractivity contribution >= 4 is 46.0 Å². The van der Waals surface area contributed by atoms with Crippen molar-refractivity contribution < 1.29 is 29.3 Å². The average Bonchev–Trinajstić information content (AvgIpc) is 3.34. The number of carboxylic acid groups (broad SMARTS) is 2. The van der Waals surface area contributed by atoms with Crippen molar-refractivity contribution in [3.63, 3.8) is 0 Å². The quantitative estimate of drug-likeness (QED) is 0.194. The van der Waals surface area contributed by atoms with E-state index in [0.29, 0.717) is 18.6 Å². The van der Waals surface area contributed by atoms with Crippen LogP contribution < -0.4 is 15.1 Å². The molecule has 0 amide bonds. The van der Waals surface area contributed by atoms with E-state index in [9.17, 15) is 24.6 Å². The molecule has 1 aromatic heterocycles. The number of halogens is 1. The maximum atomic E-state index is 12.6. The number of ether oxygens (including phenoxy) is 1. The van der Waals surface area contributed by atoms with Gasteiger partial charge in [-0.05, 0) is 127 Å². The number of aryl methyl sites for hydroxylation is 1. The minimum Gasteiger partial charge on any atom is -0.488 e. The van der Waals surface area contributed by atoms with E-state index >= 15 is 0 Å². The number of hydrogen-bond donors (Lipinski definition) is 2. The first-order valence-corrected chi connectivity index (χ1v) is 24.4. The minimum atomic E-state index is -1.14. The van der Waals surface area contributed by atoms with E-state index < -0.39 is 17.4 Å². The molecule has 2 saturated carbocycles. The average molecular weight is 947 g/mol. The summed E-state index contributed by atoms with van der Waals surface area (Å²) in [6.07, 6.45) is 23.1. The van der Waals surface area contributed by atoms with E-state index in [2.05, 4.69) is 79.7 Å². The van der Waals surface area contributed by atoms with Crippen LogP contribution in [-0.2, 0) is 34.6 Å². The molecule has 344 valence electrons. The summed E-state index contributed by atoms with van der Waals surface area (Å²) in [7, 11) is 0. The summed E-state index contributed by atoms with van der Waals surface area (Å²) in [5.74, 6) is -1.10. The number of hydrogen-bond acceptors (Lipinski definition) is 7. The van der Waals surface area contributed by atoms with Gasteiger partial charge in [-0.3, -0.25) is 4.79 Å². The molecule has 3 aromatic carbocycles. The number of carbonyl (C=O) groups excluding carboxylic acids is 1. The van der Waals surface area contributed by atoms with Gasteiger partial charge in [0, 0.05) is 71.6 Å². The molecule has 10 rings (SSSR count). The number of rotatable bonds is 6. The molecule has 5 heterocycles. The molecule has 11 heteroatoms. The van der Waals surface area contributed by atoms with Crippen LogP contribution in [0.5, 0.6) is 5.75 Å². The van der Waals surface area contributed by atoms with Crippen molar-refractivity contribution in [3.8, 4) is 17.0 Å². The number of aromatic carboxylic acids is 1. The Balaban J connectivity index is 0.000000180. The van der Waals surface area contributed by atoms with Gasteiger partial charge in [-0.15, -0.1) is 0 Å². The third-order valence-corrected chi connectivity index (χ3v) is 14.9. The summed E-state index contributed by atoms with van der Waals surface area (Å²) in [5, 5.41) is 19.2. The van der Waals surface area contributed by atoms with Crippen LogP contribution in [0.15, 0.2) is 94.0 Å². The number of benzene rings is 3. The molecule has 10 nitrogen and oxygen atoms in total. The van der Waals surface area contributed by atoms with Gasteiger partial charge >= 0.3 is 11.9 Å². The molecule has 0 atom stereocenters. The normalized spacial score (nSPS) is 18.5. The molecule has 65 heavy (non-hydrogen) atoms. The Hall–Kier alpha value is -5.42. The highest BCUT2D eigenvalue weighted by atomic mass is 79.9. The molecule has 3 fully saturated rings. The molecule has 0 radical (unpaired) electrons. The Kier molecular flexibility index (Phi) is 15.2. The fourth-order valence-corrected chi connectivity index (χ4v) is 11.7. The number of carboxylic acids is 2. The summed E-state index contributed by atoms with van der Waals surface area (Å²) in [6.45, 7) is 10.9. The lowest BCUT2D eigenvalue weighted by atomic mass is 9.71. The molecule has 2 aliphatic carbocycles. The van der Waals surface area contributed by atoms with Crippen molar-refractivity contribution in [3.05, 3.63) is 133 Å². The summed E-state index contributed by atoms with van der Waals surface area (Å²) in [6, 6.07) is 20.7. The number of nitrogens with zero attached hydrogens (tertiary/aromatic N) is 3. The molecule has 4 aromatic rings. The maximum absolute atomic E-state index is 12.6. The van der Waals surface area contributed by atoms with Crippen LogP contribution in [0.1, 0.15) is 142 Å². The number of fused-ring (bicyclic) bond motifs is 8. The van der Waals surface area contributed by atoms with Crippen LogP contribution in [0.25, 0.3) is 17.0 Å². The predicted molar refractivity (Wildman–Crippen MR) is 262 cm³/mol. The van der Waals surface area contributed by atoms with Crippen molar-refractivity contribution in [1.29, 1.82) is 0 Å². The van der Waals surface area contributed by atoms with Gasteiger partial charge in [-0.25, -0.2) is 9.59 Å². The Morgan fingerprint density at radius 2 is 1.38 bits per heavy atom. The summed E-state index contributed by atoms with van der Waals surface area (Å²) < 4.78 is 9.26. The molecule has 0 unspecified atom stereocenters. The number of allylic oxidation sites excluding steroid dienone is 1. The number of aromatic nitrogens is 1. The number of carbonyl (C=O) groups is 3. The molecule has 0 bridgehead atoms. The lowest BCUT2D eigenvalue weighted by Gasteiger charge is -2.52. The maximum Gasteiger partial charge on any atom is 0.341 e. The second-order valence-corrected chi connectivity index (χ2v) is 19.1. The monoisotopic (exact) mass is 945 g/mol. The van der Waals surface area contributed by atoms with E-state index in [0.717, 1.165) is 97.2 Å². The second kappa shape index (κ2) is 20.8. The largest absolute Gasteiger partial charge is 0.488 e. The first-order valence-electron chi connectivity index (χ1n) is 23.7. The third kappa shape index (κ3) is 9.77. The molecular weight excluding hydrogens is 883 g/mol. The van der Waals surface area contributed by atoms with Crippen LogP contribution in [0, 0.1) is 6.92 Å². The Bertz CT molecular complexity index is 2490. The molecule has 1 saturated heterocycles. The first-order chi connectivity index (χ1) is 31.5. The van der Waals surface area contributed by atoms with E-state index in [-0.39, 0.29) is 16.6 Å². The van der Waals surface area contributed by atoms with Crippen LogP contribution in [0.2, 0.25) is 0 Å². The lowest BCUT2D eigenvalue weighted by Crippen LogP contribution is -2.51. The minimum absolute atomic E-state index is 0.0390. The zero-order valence-corrected chi connectivity index (χ0v) is 39.9. The van der Waals surface area contributed by atoms with Gasteiger partial charge in [0.05, 0.1) is 15.7 Å². The number of aliphatic carboxylic acids is 1. The predicted octanol–water partition coefficient (Wildman–Crippen LogP) is 11.9. The van der Waals surface area contributed by atoms with Gasteiger partial charge in [-0.2, -0.15) is 0 Å². The van der Waals surface area contributed by atoms with Gasteiger partial charge in [0.1, 0.15) is 24.7 Å². The van der Waals surface area contributed by atoms with Gasteiger partial charge in [0.15, 0.2) is 5.43 Å². The number of piperidine rings is 1. The Labute approximate surface area is 392 Å². The van der Waals surface area contributed by atoms with Gasteiger partial charge in [0.2, 0.25) is 0 Å². The molecule has 4 aliphatic heterocycles. The molecule has 2 spiro atoms. The van der Waals surface area contributed by atoms with Crippen LogP contribution >= 0.6 is 15.9 Å². The van der Waals surface area contributed by atoms with E-state index in [1.807, 2.05) is 45.0 Å². The van der Waals surface area contributed by atoms with Gasteiger partial charge in [0.25, 0.3) is 0 Å². The standard InChI is InChI=1S/C26H26BrNO3.C25H30N2O3.C2H6.CH2O/c27-22-14-21-20(13-24(22)31-17-18-7-3-1-4-8-18)15-26(11-5-2-6-12-26)28-16-19(25(29)30)9-10-23(21)28;1-17-12-19-18(13-21(17)26-10-6-3-7-11-26)15-25(8-4-2-5-9-25)27-16-20(24(29)30)23(28)14-22(19)27;2*1-2/h1,3-4,7-8,10,13-14,16H,2,5-6,9,11-12,15,17H2,(H,29,30);12-14,16H,2-11,15H2,1H3,(H,29,30);1-2H3;1H2. The third-order valence-electron chi connectivity index (χ3n) is 14.3. The van der Waals surface area contributed by atoms with E-state index in [4.69, 9.17) is 9.53 Å². The van der Waals surface area contributed by atoms with Crippen molar-refractivity contribution in [2.75, 3.05) is 18.0 Å². The topological polar surface area (TPSA) is 129 Å². The highest BCUT2D eigenvalue weighted by Gasteiger charge is 2.45. The zero-order chi connectivity index (χ0) is 46.3. The molecule has 2 N–H and O–H groups in total. The Morgan fingerprint density at radius 1 is 0.769 bits per heavy atom. The van der Waals surface area contributed by atoms with Crippen LogP contribution in [-0.4, -0.2) is 57.0 Å². The smallest absolute Gasteiger partial charge is 0.341 e. The van der Waals surface area contributed by atoms with Crippen molar-refractivity contribution in [1.82, 2.24) is 9.47 Å². The SMILES string of the molecule is C=O.CC.Cc1cc2c(cc1N1CCCCC1)CC1(CCCCC1)n1cc(C(=O)O)c(=O)cc1-2.O=C(O)C1=CN2C(=CC1)c1cc(Br)c(OCc3ccccc3)cc1CC21CCCCC1. The highest BCUT2D eigenvalue weighted by molar-refractivity contribution is 9.10. The van der Waals surface area contributed by atoms with Gasteiger partial charge in [-0.1, -0.05) is 88.8 Å². The molecule has 6 aliphatic rings. The lowest BCUT2D eigenvalue weighted by molar-refractivity contribution is -0.132. The van der Waals surface area contributed by atoms with E-state index in [1.165, 1.54) is 72.9 Å².